The third-order valence-electron chi connectivity index (χ3n) is 9.96. The standard InChI is InChI=1S/C37H49N5O9S/c1-8-21-19-37(21,33(45)41-52(47,48)23-11-12-23)40-30(43)27-18-22(20-42(27)32(44)29(35(2,3)4)39-34(46)51-36(5,6)7)50-31-26-13-14-28-25(10-9-17-49-28)24(26)15-16-38-31/h8,13-16,21-23,27,29H,1,9-12,17-20H2,2-7H3,(H,39,46)(H,40,43)(H,41,45)/t21-,22-,27+,29-,37-/m1/s1. The smallest absolute Gasteiger partial charge is 0.408 e. The molecule has 282 valence electrons. The van der Waals surface area contributed by atoms with Gasteiger partial charge in [0.2, 0.25) is 27.7 Å². The van der Waals surface area contributed by atoms with Gasteiger partial charge in [-0.2, -0.15) is 0 Å². The summed E-state index contributed by atoms with van der Waals surface area (Å²) in [4.78, 5) is 61.1. The lowest BCUT2D eigenvalue weighted by atomic mass is 9.85. The number of hydrogen-bond acceptors (Lipinski definition) is 10. The highest BCUT2D eigenvalue weighted by Gasteiger charge is 2.62. The summed E-state index contributed by atoms with van der Waals surface area (Å²) in [6, 6.07) is 3.43. The van der Waals surface area contributed by atoms with Gasteiger partial charge in [0.1, 0.15) is 35.1 Å². The molecular weight excluding hydrogens is 691 g/mol. The fourth-order valence-corrected chi connectivity index (χ4v) is 8.34. The fraction of sp³-hybridized carbons (Fsp3) is 0.595. The van der Waals surface area contributed by atoms with Crippen molar-refractivity contribution in [2.45, 2.75) is 115 Å². The molecule has 4 aliphatic rings. The SMILES string of the molecule is C=C[C@@H]1C[C@]1(NC(=O)[C@@H]1C[C@@H](Oc2nccc3c4c(ccc23)OCCC4)CN1C(=O)[C@@H](NC(=O)OC(C)(C)C)C(C)(C)C)C(=O)NS(=O)(=O)C1CC1. The van der Waals surface area contributed by atoms with E-state index in [-0.39, 0.29) is 19.4 Å². The van der Waals surface area contributed by atoms with Crippen molar-refractivity contribution in [2.75, 3.05) is 13.2 Å². The highest BCUT2D eigenvalue weighted by Crippen LogP contribution is 2.46. The van der Waals surface area contributed by atoms with Gasteiger partial charge in [0.15, 0.2) is 0 Å². The van der Waals surface area contributed by atoms with Gasteiger partial charge >= 0.3 is 6.09 Å². The van der Waals surface area contributed by atoms with Crippen molar-refractivity contribution in [3.05, 3.63) is 42.6 Å². The van der Waals surface area contributed by atoms with Crippen LogP contribution in [-0.2, 0) is 35.6 Å². The summed E-state index contributed by atoms with van der Waals surface area (Å²) in [5.41, 5.74) is -2.12. The highest BCUT2D eigenvalue weighted by atomic mass is 32.2. The van der Waals surface area contributed by atoms with Gasteiger partial charge in [-0.1, -0.05) is 26.8 Å². The number of fused-ring (bicyclic) bond motifs is 3. The summed E-state index contributed by atoms with van der Waals surface area (Å²) in [6.07, 6.45) is 4.47. The maximum Gasteiger partial charge on any atom is 0.408 e. The summed E-state index contributed by atoms with van der Waals surface area (Å²) in [5, 5.41) is 6.57. The number of pyridine rings is 1. The molecule has 0 unspecified atom stereocenters. The second-order valence-electron chi connectivity index (χ2n) is 16.3. The number of benzene rings is 1. The van der Waals surface area contributed by atoms with E-state index in [1.54, 1.807) is 47.7 Å². The minimum atomic E-state index is -3.90. The van der Waals surface area contributed by atoms with Crippen molar-refractivity contribution in [3.63, 3.8) is 0 Å². The van der Waals surface area contributed by atoms with E-state index < -0.39 is 79.7 Å². The first kappa shape index (κ1) is 37.4. The molecule has 6 rings (SSSR count). The molecule has 0 bridgehead atoms. The largest absolute Gasteiger partial charge is 0.493 e. The van der Waals surface area contributed by atoms with Crippen LogP contribution < -0.4 is 24.8 Å². The van der Waals surface area contributed by atoms with Gasteiger partial charge < -0.3 is 29.7 Å². The quantitative estimate of drug-likeness (QED) is 0.305. The second-order valence-corrected chi connectivity index (χ2v) is 18.3. The number of likely N-dealkylation sites (tertiary alicyclic amines) is 1. The molecule has 14 nitrogen and oxygen atoms in total. The van der Waals surface area contributed by atoms with E-state index >= 15 is 0 Å². The van der Waals surface area contributed by atoms with Crippen LogP contribution in [0.2, 0.25) is 0 Å². The van der Waals surface area contributed by atoms with Gasteiger partial charge in [-0.15, -0.1) is 6.58 Å². The molecule has 1 saturated heterocycles. The van der Waals surface area contributed by atoms with E-state index in [0.717, 1.165) is 34.9 Å². The van der Waals surface area contributed by atoms with Gasteiger partial charge in [0, 0.05) is 29.5 Å². The van der Waals surface area contributed by atoms with Crippen molar-refractivity contribution in [1.82, 2.24) is 25.2 Å². The number of rotatable bonds is 10. The number of alkyl carbamates (subject to hydrolysis) is 1. The van der Waals surface area contributed by atoms with Gasteiger partial charge in [-0.3, -0.25) is 19.1 Å². The van der Waals surface area contributed by atoms with Crippen LogP contribution in [0.3, 0.4) is 0 Å². The zero-order chi connectivity index (χ0) is 37.8. The maximum atomic E-state index is 14.5. The summed E-state index contributed by atoms with van der Waals surface area (Å²) in [5.74, 6) is -1.42. The normalized spacial score (nSPS) is 24.9. The monoisotopic (exact) mass is 739 g/mol. The molecular formula is C37H49N5O9S. The van der Waals surface area contributed by atoms with Crippen molar-refractivity contribution >= 4 is 44.6 Å². The molecule has 0 radical (unpaired) electrons. The number of sulfonamides is 1. The van der Waals surface area contributed by atoms with Crippen molar-refractivity contribution < 1.29 is 41.8 Å². The fourth-order valence-electron chi connectivity index (χ4n) is 6.98. The number of aromatic nitrogens is 1. The second kappa shape index (κ2) is 13.5. The number of carbonyl (C=O) groups is 4. The Morgan fingerprint density at radius 3 is 2.46 bits per heavy atom. The van der Waals surface area contributed by atoms with E-state index in [0.29, 0.717) is 25.3 Å². The number of nitrogens with zero attached hydrogens (tertiary/aromatic N) is 2. The number of hydrogen-bond donors (Lipinski definition) is 3. The summed E-state index contributed by atoms with van der Waals surface area (Å²) in [7, 11) is -3.90. The van der Waals surface area contributed by atoms with Crippen LogP contribution in [0, 0.1) is 11.3 Å². The number of ether oxygens (including phenoxy) is 3. The average molecular weight is 740 g/mol. The molecule has 0 spiro atoms. The molecule has 5 atom stereocenters. The van der Waals surface area contributed by atoms with Crippen LogP contribution in [0.1, 0.15) is 79.2 Å². The number of nitrogens with one attached hydrogen (secondary N) is 3. The Morgan fingerprint density at radius 2 is 1.83 bits per heavy atom. The van der Waals surface area contributed by atoms with Crippen LogP contribution in [-0.4, -0.2) is 89.8 Å². The minimum Gasteiger partial charge on any atom is -0.493 e. The molecule has 2 aromatic rings. The van der Waals surface area contributed by atoms with Crippen molar-refractivity contribution in [2.24, 2.45) is 11.3 Å². The minimum absolute atomic E-state index is 0.0316. The summed E-state index contributed by atoms with van der Waals surface area (Å²) in [6.45, 7) is 14.9. The van der Waals surface area contributed by atoms with Gasteiger partial charge in [0.25, 0.3) is 5.91 Å². The topological polar surface area (TPSA) is 182 Å². The molecule has 1 aromatic heterocycles. The number of amides is 4. The lowest BCUT2D eigenvalue weighted by Gasteiger charge is -2.36. The molecule has 52 heavy (non-hydrogen) atoms. The first-order valence-corrected chi connectivity index (χ1v) is 19.4. The third kappa shape index (κ3) is 7.69. The predicted octanol–water partition coefficient (Wildman–Crippen LogP) is 3.52. The maximum absolute atomic E-state index is 14.5. The Bertz CT molecular complexity index is 1900. The first-order valence-electron chi connectivity index (χ1n) is 17.8. The number of carbonyl (C=O) groups excluding carboxylic acids is 4. The molecule has 3 N–H and O–H groups in total. The first-order chi connectivity index (χ1) is 24.3. The summed E-state index contributed by atoms with van der Waals surface area (Å²) < 4.78 is 45.3. The van der Waals surface area contributed by atoms with E-state index in [4.69, 9.17) is 14.2 Å². The lowest BCUT2D eigenvalue weighted by molar-refractivity contribution is -0.143. The van der Waals surface area contributed by atoms with Crippen LogP contribution in [0.15, 0.2) is 37.1 Å². The molecule has 3 heterocycles. The molecule has 4 amide bonds. The highest BCUT2D eigenvalue weighted by molar-refractivity contribution is 7.91. The van der Waals surface area contributed by atoms with Crippen LogP contribution in [0.25, 0.3) is 10.8 Å². The van der Waals surface area contributed by atoms with E-state index in [2.05, 4.69) is 26.9 Å². The van der Waals surface area contributed by atoms with E-state index in [9.17, 15) is 27.6 Å². The van der Waals surface area contributed by atoms with Gasteiger partial charge in [-0.25, -0.2) is 18.2 Å². The van der Waals surface area contributed by atoms with Crippen molar-refractivity contribution in [1.29, 1.82) is 0 Å². The zero-order valence-electron chi connectivity index (χ0n) is 30.6. The Hall–Kier alpha value is -4.40. The Balaban J connectivity index is 1.30. The molecule has 2 aliphatic heterocycles. The van der Waals surface area contributed by atoms with E-state index in [1.807, 2.05) is 18.2 Å². The molecule has 1 aromatic carbocycles. The van der Waals surface area contributed by atoms with Gasteiger partial charge in [0.05, 0.1) is 18.4 Å². The van der Waals surface area contributed by atoms with Crippen LogP contribution in [0.5, 0.6) is 11.6 Å². The van der Waals surface area contributed by atoms with Crippen LogP contribution >= 0.6 is 0 Å². The molecule has 15 heteroatoms. The number of aryl methyl sites for hydroxylation is 1. The molecule has 3 fully saturated rings. The third-order valence-corrected chi connectivity index (χ3v) is 11.8. The van der Waals surface area contributed by atoms with Crippen LogP contribution in [0.4, 0.5) is 4.79 Å². The van der Waals surface area contributed by atoms with Crippen molar-refractivity contribution in [3.8, 4) is 11.6 Å². The zero-order valence-corrected chi connectivity index (χ0v) is 31.4. The summed E-state index contributed by atoms with van der Waals surface area (Å²) >= 11 is 0. The molecule has 2 saturated carbocycles. The Labute approximate surface area is 304 Å². The molecule has 2 aliphatic carbocycles. The van der Waals surface area contributed by atoms with E-state index in [1.165, 1.54) is 11.0 Å². The average Bonchev–Trinajstić information content (AvgIpc) is 3.99. The van der Waals surface area contributed by atoms with Gasteiger partial charge in [-0.05, 0) is 81.9 Å². The Kier molecular flexibility index (Phi) is 9.73. The Morgan fingerprint density at radius 1 is 1.10 bits per heavy atom. The predicted molar refractivity (Wildman–Crippen MR) is 192 cm³/mol. The lowest BCUT2D eigenvalue weighted by Crippen LogP contribution is -2.60.